The number of nitrogens with one attached hydrogen (secondary N) is 2. The van der Waals surface area contributed by atoms with E-state index in [0.29, 0.717) is 28.0 Å². The van der Waals surface area contributed by atoms with Crippen LogP contribution >= 0.6 is 27.5 Å². The third-order valence-corrected chi connectivity index (χ3v) is 4.86. The zero-order valence-electron chi connectivity index (χ0n) is 11.5. The summed E-state index contributed by atoms with van der Waals surface area (Å²) < 4.78 is 0.703. The molecule has 5 nitrogen and oxygen atoms in total. The molecule has 1 aromatic rings. The van der Waals surface area contributed by atoms with Crippen LogP contribution in [0.4, 0.5) is 10.5 Å². The molecule has 3 N–H and O–H groups in total. The van der Waals surface area contributed by atoms with Crippen molar-refractivity contribution < 1.29 is 14.7 Å². The Labute approximate surface area is 136 Å². The molecule has 1 aliphatic carbocycles. The second kappa shape index (κ2) is 6.23. The van der Waals surface area contributed by atoms with Crippen LogP contribution in [0, 0.1) is 5.41 Å². The van der Waals surface area contributed by atoms with Gasteiger partial charge in [-0.3, -0.25) is 4.79 Å². The van der Waals surface area contributed by atoms with Crippen molar-refractivity contribution in [1.29, 1.82) is 0 Å². The maximum atomic E-state index is 12.1. The minimum absolute atomic E-state index is 0.382. The van der Waals surface area contributed by atoms with E-state index >= 15 is 0 Å². The highest BCUT2D eigenvalue weighted by Gasteiger charge is 2.45. The molecule has 7 heteroatoms. The number of halogens is 2. The average Bonchev–Trinajstić information content (AvgIpc) is 2.77. The van der Waals surface area contributed by atoms with Crippen LogP contribution in [0.1, 0.15) is 26.2 Å². The number of aliphatic carboxylic acids is 1. The molecule has 1 saturated carbocycles. The number of benzene rings is 1. The summed E-state index contributed by atoms with van der Waals surface area (Å²) in [6.07, 6.45) is 2.01. The van der Waals surface area contributed by atoms with Crippen molar-refractivity contribution in [1.82, 2.24) is 5.32 Å². The lowest BCUT2D eigenvalue weighted by Crippen LogP contribution is -2.48. The molecule has 21 heavy (non-hydrogen) atoms. The lowest BCUT2D eigenvalue weighted by Gasteiger charge is -2.27. The predicted molar refractivity (Wildman–Crippen MR) is 84.7 cm³/mol. The van der Waals surface area contributed by atoms with Crippen LogP contribution in [0.25, 0.3) is 0 Å². The summed E-state index contributed by atoms with van der Waals surface area (Å²) in [4.78, 5) is 23.4. The second-order valence-electron chi connectivity index (χ2n) is 5.39. The first-order valence-corrected chi connectivity index (χ1v) is 7.76. The highest BCUT2D eigenvalue weighted by atomic mass is 79.9. The molecule has 114 valence electrons. The van der Waals surface area contributed by atoms with Gasteiger partial charge in [0.2, 0.25) is 0 Å². The Morgan fingerprint density at radius 2 is 2.19 bits per heavy atom. The van der Waals surface area contributed by atoms with Crippen molar-refractivity contribution in [3.8, 4) is 0 Å². The van der Waals surface area contributed by atoms with Gasteiger partial charge < -0.3 is 15.7 Å². The van der Waals surface area contributed by atoms with Crippen molar-refractivity contribution in [3.05, 3.63) is 27.7 Å². The largest absolute Gasteiger partial charge is 0.481 e. The van der Waals surface area contributed by atoms with Crippen LogP contribution in [0.3, 0.4) is 0 Å². The first-order valence-electron chi connectivity index (χ1n) is 6.59. The zero-order chi connectivity index (χ0) is 15.6. The molecule has 2 atom stereocenters. The topological polar surface area (TPSA) is 78.4 Å². The fraction of sp³-hybridized carbons (Fsp3) is 0.429. The number of hydrogen-bond acceptors (Lipinski definition) is 2. The van der Waals surface area contributed by atoms with Crippen molar-refractivity contribution in [2.75, 3.05) is 5.32 Å². The quantitative estimate of drug-likeness (QED) is 0.750. The monoisotopic (exact) mass is 374 g/mol. The normalized spacial score (nSPS) is 24.6. The van der Waals surface area contributed by atoms with Gasteiger partial charge in [-0.2, -0.15) is 0 Å². The lowest BCUT2D eigenvalue weighted by molar-refractivity contribution is -0.148. The van der Waals surface area contributed by atoms with E-state index < -0.39 is 17.4 Å². The van der Waals surface area contributed by atoms with Crippen molar-refractivity contribution >= 4 is 45.2 Å². The zero-order valence-corrected chi connectivity index (χ0v) is 13.8. The predicted octanol–water partition coefficient (Wildman–Crippen LogP) is 3.87. The molecule has 0 aliphatic heterocycles. The van der Waals surface area contributed by atoms with Gasteiger partial charge in [0.1, 0.15) is 0 Å². The molecule has 0 radical (unpaired) electrons. The van der Waals surface area contributed by atoms with E-state index in [2.05, 4.69) is 26.6 Å². The standard InChI is InChI=1S/C14H16BrClN2O3/c1-14(12(19)20)6-2-3-11(14)18-13(21)17-10-7-8(16)4-5-9(10)15/h4-5,7,11H,2-3,6H2,1H3,(H,19,20)(H2,17,18,21). The molecule has 2 rings (SSSR count). The van der Waals surface area contributed by atoms with Crippen molar-refractivity contribution in [2.24, 2.45) is 5.41 Å². The summed E-state index contributed by atoms with van der Waals surface area (Å²) in [6.45, 7) is 1.67. The van der Waals surface area contributed by atoms with Crippen LogP contribution in [0.2, 0.25) is 5.02 Å². The number of carbonyl (C=O) groups excluding carboxylic acids is 1. The molecule has 1 aliphatic rings. The Bertz CT molecular complexity index is 581. The summed E-state index contributed by atoms with van der Waals surface area (Å²) in [5.41, 5.74) is -0.377. The van der Waals surface area contributed by atoms with Crippen LogP contribution in [0.15, 0.2) is 22.7 Å². The second-order valence-corrected chi connectivity index (χ2v) is 6.68. The Kier molecular flexibility index (Phi) is 4.78. The summed E-state index contributed by atoms with van der Waals surface area (Å²) >= 11 is 9.21. The molecule has 0 aromatic heterocycles. The van der Waals surface area contributed by atoms with Gasteiger partial charge in [-0.15, -0.1) is 0 Å². The van der Waals surface area contributed by atoms with Crippen LogP contribution in [-0.4, -0.2) is 23.1 Å². The average molecular weight is 376 g/mol. The Hall–Kier alpha value is -1.27. The van der Waals surface area contributed by atoms with Gasteiger partial charge in [-0.25, -0.2) is 4.79 Å². The van der Waals surface area contributed by atoms with Gasteiger partial charge in [-0.05, 0) is 53.9 Å². The van der Waals surface area contributed by atoms with Crippen molar-refractivity contribution in [2.45, 2.75) is 32.2 Å². The molecule has 2 amide bonds. The fourth-order valence-electron chi connectivity index (χ4n) is 2.56. The number of anilines is 1. The summed E-state index contributed by atoms with van der Waals surface area (Å²) in [6, 6.07) is 4.24. The summed E-state index contributed by atoms with van der Waals surface area (Å²) in [7, 11) is 0. The molecular weight excluding hydrogens is 360 g/mol. The number of carboxylic acids is 1. The smallest absolute Gasteiger partial charge is 0.319 e. The Balaban J connectivity index is 2.05. The molecular formula is C14H16BrClN2O3. The number of carbonyl (C=O) groups is 2. The van der Waals surface area contributed by atoms with E-state index in [-0.39, 0.29) is 6.04 Å². The first kappa shape index (κ1) is 16.1. The number of carboxylic acid groups (broad SMARTS) is 1. The van der Waals surface area contributed by atoms with Crippen LogP contribution in [0.5, 0.6) is 0 Å². The van der Waals surface area contributed by atoms with E-state index in [1.165, 1.54) is 0 Å². The minimum atomic E-state index is -0.914. The van der Waals surface area contributed by atoms with Gasteiger partial charge in [0, 0.05) is 15.5 Å². The highest BCUT2D eigenvalue weighted by molar-refractivity contribution is 9.10. The number of urea groups is 1. The first-order chi connectivity index (χ1) is 9.83. The van der Waals surface area contributed by atoms with E-state index in [0.717, 1.165) is 6.42 Å². The molecule has 0 bridgehead atoms. The lowest BCUT2D eigenvalue weighted by atomic mass is 9.85. The van der Waals surface area contributed by atoms with E-state index in [4.69, 9.17) is 11.6 Å². The SMILES string of the molecule is CC1(C(=O)O)CCCC1NC(=O)Nc1cc(Cl)ccc1Br. The van der Waals surface area contributed by atoms with Crippen LogP contribution < -0.4 is 10.6 Å². The third-order valence-electron chi connectivity index (χ3n) is 3.93. The van der Waals surface area contributed by atoms with Crippen LogP contribution in [-0.2, 0) is 4.79 Å². The van der Waals surface area contributed by atoms with Gasteiger partial charge in [0.05, 0.1) is 11.1 Å². The Morgan fingerprint density at radius 1 is 1.48 bits per heavy atom. The molecule has 0 spiro atoms. The minimum Gasteiger partial charge on any atom is -0.481 e. The summed E-state index contributed by atoms with van der Waals surface area (Å²) in [5.74, 6) is -0.880. The highest BCUT2D eigenvalue weighted by Crippen LogP contribution is 2.38. The molecule has 0 saturated heterocycles. The van der Waals surface area contributed by atoms with E-state index in [1.807, 2.05) is 0 Å². The molecule has 1 aromatic carbocycles. The maximum absolute atomic E-state index is 12.1. The van der Waals surface area contributed by atoms with E-state index in [1.54, 1.807) is 25.1 Å². The molecule has 0 heterocycles. The van der Waals surface area contributed by atoms with Crippen molar-refractivity contribution in [3.63, 3.8) is 0 Å². The number of rotatable bonds is 3. The van der Waals surface area contributed by atoms with Gasteiger partial charge in [-0.1, -0.05) is 18.0 Å². The van der Waals surface area contributed by atoms with Gasteiger partial charge in [0.15, 0.2) is 0 Å². The van der Waals surface area contributed by atoms with E-state index in [9.17, 15) is 14.7 Å². The third kappa shape index (κ3) is 3.49. The van der Waals surface area contributed by atoms with Gasteiger partial charge >= 0.3 is 12.0 Å². The number of hydrogen-bond donors (Lipinski definition) is 3. The molecule has 1 fully saturated rings. The number of amides is 2. The summed E-state index contributed by atoms with van der Waals surface area (Å²) in [5, 5.41) is 15.3. The maximum Gasteiger partial charge on any atom is 0.319 e. The molecule has 2 unspecified atom stereocenters. The fourth-order valence-corrected chi connectivity index (χ4v) is 3.08. The Morgan fingerprint density at radius 3 is 2.86 bits per heavy atom. The van der Waals surface area contributed by atoms with Gasteiger partial charge in [0.25, 0.3) is 0 Å².